The molecule has 6 aromatic carbocycles. The second-order valence-corrected chi connectivity index (χ2v) is 32.7. The molecule has 3 saturated heterocycles. The molecule has 18 nitrogen and oxygen atoms in total. The second kappa shape index (κ2) is 36.5. The minimum Gasteiger partial charge on any atom is -0.508 e. The first-order valence-electron chi connectivity index (χ1n) is 32.4. The van der Waals surface area contributed by atoms with Gasteiger partial charge in [-0.05, 0) is 196 Å². The Morgan fingerprint density at radius 1 is 0.476 bits per heavy atom. The SMILES string of the molecule is CC1(C)OB(B2OC(C)(C)C(C)(C)O2)OC1(C)C.CN(C)CC(=O)O.Cc1ncc(COc2cc(F)cc(Br)c2)s1.Cc1ncc(COc2cc(F)cc(Oc3ccc(B4OC(C)(C)C(C)(C)O4)cc3)c2)s1.Cc1ncc(COc2cc(F)cc(Oc3ccc(Cl)cc3)c2)s1.Oc1ccc(Cl)cc1. The highest BCUT2D eigenvalue weighted by Gasteiger charge is 2.64. The minimum atomic E-state index is -0.787. The van der Waals surface area contributed by atoms with Gasteiger partial charge in [-0.2, -0.15) is 0 Å². The first-order valence-corrected chi connectivity index (χ1v) is 36.4. The summed E-state index contributed by atoms with van der Waals surface area (Å²) < 4.78 is 106. The van der Waals surface area contributed by atoms with Crippen LogP contribution < -0.4 is 29.1 Å². The van der Waals surface area contributed by atoms with Gasteiger partial charge < -0.3 is 61.8 Å². The number of halogens is 6. The van der Waals surface area contributed by atoms with E-state index in [0.717, 1.165) is 35.1 Å². The molecule has 2 N–H and O–H groups in total. The Morgan fingerprint density at radius 2 is 0.786 bits per heavy atom. The van der Waals surface area contributed by atoms with Gasteiger partial charge in [0.25, 0.3) is 0 Å². The third-order valence-electron chi connectivity index (χ3n) is 16.4. The zero-order chi connectivity index (χ0) is 75.8. The van der Waals surface area contributed by atoms with Crippen LogP contribution in [-0.4, -0.2) is 111 Å². The molecule has 0 spiro atoms. The maximum absolute atomic E-state index is 14.1. The number of carbonyl (C=O) groups is 1. The number of hydrogen-bond acceptors (Lipinski definition) is 20. The van der Waals surface area contributed by atoms with Gasteiger partial charge in [0.1, 0.15) is 83.3 Å². The smallest absolute Gasteiger partial charge is 0.494 e. The Bertz CT molecular complexity index is 4090. The summed E-state index contributed by atoms with van der Waals surface area (Å²) in [6, 6.07) is 33.7. The number of nitrogens with zero attached hydrogens (tertiary/aromatic N) is 4. The lowest BCUT2D eigenvalue weighted by Crippen LogP contribution is -2.41. The van der Waals surface area contributed by atoms with Crippen LogP contribution in [0.4, 0.5) is 13.2 Å². The molecule has 30 heteroatoms. The Labute approximate surface area is 632 Å². The maximum atomic E-state index is 14.1. The van der Waals surface area contributed by atoms with E-state index in [-0.39, 0.29) is 40.5 Å². The first-order chi connectivity index (χ1) is 48.1. The predicted molar refractivity (Wildman–Crippen MR) is 406 cm³/mol. The standard InChI is InChI=1S/C23H25BFNO4S.C17H13ClFNO2S.C12H24B2O4.C11H9BrFNOS.C6H5ClO.C4H9NO2/c1-15-26-13-21(31-15)14-27-19-10-17(25)11-20(12-19)28-18-8-6-16(7-9-18)24-29-22(2,3)23(4,5)30-24;1-11-20-9-17(23-11)10-21-15-6-13(19)7-16(8-15)22-14-4-2-12(18)3-5-14;1-9(2)10(3,4)16-13(15-9)14-17-11(5,6)12(7,8)18-14;1-7-14-5-11(16-7)6-15-10-3-8(12)2-9(13)4-10;7-5-1-3-6(8)4-2-5;1-5(2)3-4(6)7/h6-13H,14H2,1-5H3;2-9H,10H2,1H3;1-8H3;2-5H,6H2,1H3;1-4,8H;3H2,1-2H3,(H,6,7). The van der Waals surface area contributed by atoms with Crippen LogP contribution in [0.5, 0.6) is 46.0 Å². The average molecular weight is 1580 g/mol. The van der Waals surface area contributed by atoms with Gasteiger partial charge in [0, 0.05) is 75.6 Å². The van der Waals surface area contributed by atoms with Crippen molar-refractivity contribution in [1.29, 1.82) is 0 Å². The van der Waals surface area contributed by atoms with Crippen molar-refractivity contribution in [2.24, 2.45) is 0 Å². The molecular weight excluding hydrogens is 1490 g/mol. The van der Waals surface area contributed by atoms with E-state index < -0.39 is 49.9 Å². The molecule has 0 aliphatic carbocycles. The molecule has 0 bridgehead atoms. The number of aromatic hydroxyl groups is 1. The van der Waals surface area contributed by atoms with E-state index in [1.807, 2.05) is 128 Å². The topological polar surface area (TPSA) is 201 Å². The van der Waals surface area contributed by atoms with Crippen molar-refractivity contribution in [2.45, 2.75) is 157 Å². The van der Waals surface area contributed by atoms with Gasteiger partial charge in [0.15, 0.2) is 0 Å². The van der Waals surface area contributed by atoms with Gasteiger partial charge in [0.05, 0.1) is 69.8 Å². The van der Waals surface area contributed by atoms with Gasteiger partial charge in [-0.1, -0.05) is 51.3 Å². The normalized spacial score (nSPS) is 16.1. The predicted octanol–water partition coefficient (Wildman–Crippen LogP) is 18.7. The molecule has 0 atom stereocenters. The summed E-state index contributed by atoms with van der Waals surface area (Å²) in [6.07, 6.45) is 5.29. The highest BCUT2D eigenvalue weighted by atomic mass is 79.9. The fraction of sp³-hybridized carbons (Fsp3) is 0.370. The van der Waals surface area contributed by atoms with Gasteiger partial charge in [0.2, 0.25) is 0 Å². The average Bonchev–Trinajstić information content (AvgIpc) is 1.60. The molecule has 3 aromatic heterocycles. The zero-order valence-electron chi connectivity index (χ0n) is 60.5. The number of aromatic nitrogens is 3. The van der Waals surface area contributed by atoms with Crippen LogP contribution in [0, 0.1) is 38.2 Å². The maximum Gasteiger partial charge on any atom is 0.494 e. The molecule has 0 saturated carbocycles. The number of benzene rings is 6. The van der Waals surface area contributed by atoms with E-state index in [4.69, 9.17) is 85.0 Å². The van der Waals surface area contributed by atoms with Gasteiger partial charge in [-0.25, -0.2) is 28.1 Å². The summed E-state index contributed by atoms with van der Waals surface area (Å²) in [4.78, 5) is 26.8. The summed E-state index contributed by atoms with van der Waals surface area (Å²) in [7, 11) is 2.04. The summed E-state index contributed by atoms with van der Waals surface area (Å²) in [5.74, 6) is 1.48. The van der Waals surface area contributed by atoms with E-state index >= 15 is 0 Å². The van der Waals surface area contributed by atoms with Crippen molar-refractivity contribution in [1.82, 2.24) is 19.9 Å². The Morgan fingerprint density at radius 3 is 1.09 bits per heavy atom. The van der Waals surface area contributed by atoms with E-state index in [1.54, 1.807) is 138 Å². The highest BCUT2D eigenvalue weighted by molar-refractivity contribution is 9.10. The van der Waals surface area contributed by atoms with Crippen LogP contribution in [0.15, 0.2) is 150 Å². The van der Waals surface area contributed by atoms with Crippen molar-refractivity contribution in [2.75, 3.05) is 20.6 Å². The number of rotatable bonds is 17. The Balaban J connectivity index is 0.000000184. The number of ether oxygens (including phenoxy) is 5. The van der Waals surface area contributed by atoms with E-state index in [9.17, 15) is 18.0 Å². The molecule has 0 radical (unpaired) electrons. The summed E-state index contributed by atoms with van der Waals surface area (Å²) in [5.41, 5.74) is -1.34. The van der Waals surface area contributed by atoms with Crippen LogP contribution in [0.1, 0.15) is 113 Å². The molecule has 3 fully saturated rings. The number of phenols is 1. The molecule has 3 aliphatic rings. The molecule has 0 amide bonds. The third kappa shape index (κ3) is 26.1. The van der Waals surface area contributed by atoms with Gasteiger partial charge >= 0.3 is 27.1 Å². The molecule has 12 rings (SSSR count). The van der Waals surface area contributed by atoms with Crippen LogP contribution in [0.2, 0.25) is 10.0 Å². The van der Waals surface area contributed by atoms with Gasteiger partial charge in [-0.3, -0.25) is 9.69 Å². The van der Waals surface area contributed by atoms with Crippen molar-refractivity contribution >= 4 is 106 Å². The second-order valence-electron chi connectivity index (χ2n) is 26.9. The molecule has 3 aliphatic heterocycles. The summed E-state index contributed by atoms with van der Waals surface area (Å²) in [5, 5.41) is 20.9. The van der Waals surface area contributed by atoms with Crippen LogP contribution in [0.3, 0.4) is 0 Å². The Hall–Kier alpha value is -6.76. The zero-order valence-corrected chi connectivity index (χ0v) is 66.0. The van der Waals surface area contributed by atoms with Crippen molar-refractivity contribution in [3.63, 3.8) is 0 Å². The number of aryl methyl sites for hydroxylation is 3. The van der Waals surface area contributed by atoms with Crippen LogP contribution in [-0.2, 0) is 52.5 Å². The molecule has 9 aromatic rings. The number of aliphatic carboxylic acids is 1. The number of phenolic OH excluding ortho intramolecular Hbond substituents is 1. The van der Waals surface area contributed by atoms with Crippen molar-refractivity contribution in [3.8, 4) is 46.0 Å². The molecular formula is C73H85B3BrCl2F3N4O14S3. The van der Waals surface area contributed by atoms with E-state index in [1.165, 1.54) is 36.4 Å². The lowest BCUT2D eigenvalue weighted by molar-refractivity contribution is -0.137. The molecule has 103 heavy (non-hydrogen) atoms. The van der Waals surface area contributed by atoms with E-state index in [2.05, 4.69) is 30.9 Å². The minimum absolute atomic E-state index is 0.111. The lowest BCUT2D eigenvalue weighted by atomic mass is 9.49. The number of carboxylic acids is 1. The monoisotopic (exact) mass is 1580 g/mol. The first kappa shape index (κ1) is 83.5. The number of carboxylic acid groups (broad SMARTS) is 1. The van der Waals surface area contributed by atoms with Crippen molar-refractivity contribution < 1.29 is 79.8 Å². The summed E-state index contributed by atoms with van der Waals surface area (Å²) in [6.45, 7) is 31.3. The fourth-order valence-electron chi connectivity index (χ4n) is 9.01. The van der Waals surface area contributed by atoms with Gasteiger partial charge in [-0.15, -0.1) is 34.0 Å². The van der Waals surface area contributed by atoms with Crippen LogP contribution in [0.25, 0.3) is 0 Å². The Kier molecular flexibility index (Phi) is 29.6. The number of likely N-dealkylation sites (N-methyl/N-ethyl adjacent to an activating group) is 1. The lowest BCUT2D eigenvalue weighted by Gasteiger charge is -2.32. The summed E-state index contributed by atoms with van der Waals surface area (Å²) >= 11 is 19.2. The molecule has 550 valence electrons. The molecule has 0 unspecified atom stereocenters. The number of hydrogen-bond donors (Lipinski definition) is 2. The quantitative estimate of drug-likeness (QED) is 0.0814. The van der Waals surface area contributed by atoms with Crippen LogP contribution >= 0.6 is 73.1 Å². The highest BCUT2D eigenvalue weighted by Crippen LogP contribution is 2.44. The fourth-order valence-corrected chi connectivity index (χ4v) is 11.8. The van der Waals surface area contributed by atoms with E-state index in [0.29, 0.717) is 74.6 Å². The molecule has 6 heterocycles. The number of thiazole rings is 3. The third-order valence-corrected chi connectivity index (χ3v) is 20.0. The van der Waals surface area contributed by atoms with Crippen molar-refractivity contribution in [3.05, 3.63) is 208 Å². The largest absolute Gasteiger partial charge is 0.508 e.